The van der Waals surface area contributed by atoms with Crippen LogP contribution in [0.15, 0.2) is 12.1 Å². The second-order valence-electron chi connectivity index (χ2n) is 3.96. The number of hydrogen-bond acceptors (Lipinski definition) is 4. The van der Waals surface area contributed by atoms with Gasteiger partial charge in [0.15, 0.2) is 0 Å². The van der Waals surface area contributed by atoms with Crippen LogP contribution in [0.25, 0.3) is 0 Å². The molecule has 1 aromatic rings. The van der Waals surface area contributed by atoms with Gasteiger partial charge in [-0.15, -0.1) is 0 Å². The van der Waals surface area contributed by atoms with Crippen LogP contribution in [-0.2, 0) is 0 Å². The molecular weight excluding hydrogens is 252 g/mol. The van der Waals surface area contributed by atoms with Gasteiger partial charge in [-0.1, -0.05) is 25.4 Å². The van der Waals surface area contributed by atoms with E-state index in [1.807, 2.05) is 13.8 Å². The number of hydrazine groups is 1. The van der Waals surface area contributed by atoms with Gasteiger partial charge >= 0.3 is 0 Å². The number of rotatable bonds is 6. The van der Waals surface area contributed by atoms with Gasteiger partial charge in [-0.25, -0.2) is 10.8 Å². The van der Waals surface area contributed by atoms with Crippen molar-refractivity contribution in [1.82, 2.24) is 9.88 Å². The molecule has 5 nitrogen and oxygen atoms in total. The fraction of sp³-hybridized carbons (Fsp3) is 0.500. The van der Waals surface area contributed by atoms with E-state index in [1.54, 1.807) is 17.0 Å². The maximum atomic E-state index is 12.3. The highest BCUT2D eigenvalue weighted by Crippen LogP contribution is 2.18. The van der Waals surface area contributed by atoms with Crippen molar-refractivity contribution >= 4 is 23.3 Å². The molecule has 0 atom stereocenters. The maximum absolute atomic E-state index is 12.3. The van der Waals surface area contributed by atoms with Gasteiger partial charge in [0.2, 0.25) is 0 Å². The predicted molar refractivity (Wildman–Crippen MR) is 73.5 cm³/mol. The highest BCUT2D eigenvalue weighted by atomic mass is 35.5. The zero-order valence-electron chi connectivity index (χ0n) is 10.7. The van der Waals surface area contributed by atoms with E-state index in [-0.39, 0.29) is 11.6 Å². The first kappa shape index (κ1) is 14.7. The monoisotopic (exact) mass is 270 g/mol. The number of nitrogens with zero attached hydrogens (tertiary/aromatic N) is 2. The van der Waals surface area contributed by atoms with Crippen molar-refractivity contribution in [2.75, 3.05) is 18.5 Å². The largest absolute Gasteiger partial charge is 0.337 e. The highest BCUT2D eigenvalue weighted by molar-refractivity contribution is 6.33. The lowest BCUT2D eigenvalue weighted by atomic mass is 10.2. The van der Waals surface area contributed by atoms with E-state index in [2.05, 4.69) is 10.4 Å². The van der Waals surface area contributed by atoms with Crippen LogP contribution in [-0.4, -0.2) is 28.9 Å². The second-order valence-corrected chi connectivity index (χ2v) is 4.37. The van der Waals surface area contributed by atoms with Crippen LogP contribution in [0, 0.1) is 0 Å². The fourth-order valence-corrected chi connectivity index (χ4v) is 1.86. The fourth-order valence-electron chi connectivity index (χ4n) is 1.68. The molecule has 0 aliphatic heterocycles. The molecule has 0 spiro atoms. The number of halogens is 1. The summed E-state index contributed by atoms with van der Waals surface area (Å²) in [7, 11) is 0. The SMILES string of the molecule is CCCN(CCC)C(=O)c1nc(NN)ccc1Cl. The normalized spacial score (nSPS) is 10.2. The Bertz CT molecular complexity index is 405. The molecular formula is C12H19ClN4O. The van der Waals surface area contributed by atoms with Gasteiger partial charge in [-0.2, -0.15) is 0 Å². The number of pyridine rings is 1. The zero-order chi connectivity index (χ0) is 13.5. The van der Waals surface area contributed by atoms with Crippen molar-refractivity contribution in [1.29, 1.82) is 0 Å². The van der Waals surface area contributed by atoms with Gasteiger partial charge in [-0.3, -0.25) is 4.79 Å². The summed E-state index contributed by atoms with van der Waals surface area (Å²) in [6.45, 7) is 5.46. The Morgan fingerprint density at radius 1 is 1.39 bits per heavy atom. The Labute approximate surface area is 112 Å². The summed E-state index contributed by atoms with van der Waals surface area (Å²) in [5.41, 5.74) is 2.66. The van der Waals surface area contributed by atoms with E-state index >= 15 is 0 Å². The third kappa shape index (κ3) is 3.58. The molecule has 0 radical (unpaired) electrons. The lowest BCUT2D eigenvalue weighted by Gasteiger charge is -2.21. The minimum absolute atomic E-state index is 0.152. The Kier molecular flexibility index (Phi) is 5.88. The molecule has 100 valence electrons. The third-order valence-electron chi connectivity index (χ3n) is 2.47. The first-order valence-electron chi connectivity index (χ1n) is 6.06. The van der Waals surface area contributed by atoms with Gasteiger partial charge in [0.25, 0.3) is 5.91 Å². The van der Waals surface area contributed by atoms with E-state index in [0.717, 1.165) is 12.8 Å². The smallest absolute Gasteiger partial charge is 0.274 e. The van der Waals surface area contributed by atoms with Crippen LogP contribution < -0.4 is 11.3 Å². The van der Waals surface area contributed by atoms with E-state index in [9.17, 15) is 4.79 Å². The molecule has 0 aromatic carbocycles. The van der Waals surface area contributed by atoms with Gasteiger partial charge in [-0.05, 0) is 25.0 Å². The van der Waals surface area contributed by atoms with Crippen molar-refractivity contribution in [3.63, 3.8) is 0 Å². The Morgan fingerprint density at radius 3 is 2.50 bits per heavy atom. The summed E-state index contributed by atoms with van der Waals surface area (Å²) in [5.74, 6) is 5.56. The summed E-state index contributed by atoms with van der Waals surface area (Å²) < 4.78 is 0. The molecule has 1 rings (SSSR count). The van der Waals surface area contributed by atoms with E-state index in [0.29, 0.717) is 23.9 Å². The van der Waals surface area contributed by atoms with Gasteiger partial charge in [0.1, 0.15) is 11.5 Å². The van der Waals surface area contributed by atoms with Crippen LogP contribution in [0.3, 0.4) is 0 Å². The maximum Gasteiger partial charge on any atom is 0.274 e. The number of carbonyl (C=O) groups excluding carboxylic acids is 1. The van der Waals surface area contributed by atoms with Gasteiger partial charge < -0.3 is 10.3 Å². The van der Waals surface area contributed by atoms with E-state index < -0.39 is 0 Å². The molecule has 1 heterocycles. The first-order valence-corrected chi connectivity index (χ1v) is 6.44. The minimum atomic E-state index is -0.152. The van der Waals surface area contributed by atoms with Crippen LogP contribution in [0.5, 0.6) is 0 Å². The Balaban J connectivity index is 2.99. The molecule has 0 aliphatic carbocycles. The van der Waals surface area contributed by atoms with E-state index in [1.165, 1.54) is 0 Å². The second kappa shape index (κ2) is 7.18. The van der Waals surface area contributed by atoms with Crippen LogP contribution in [0.4, 0.5) is 5.82 Å². The summed E-state index contributed by atoms with van der Waals surface area (Å²) in [6.07, 6.45) is 1.80. The van der Waals surface area contributed by atoms with E-state index in [4.69, 9.17) is 17.4 Å². The lowest BCUT2D eigenvalue weighted by molar-refractivity contribution is 0.0750. The van der Waals surface area contributed by atoms with Crippen molar-refractivity contribution in [3.8, 4) is 0 Å². The van der Waals surface area contributed by atoms with Crippen LogP contribution >= 0.6 is 11.6 Å². The molecule has 0 saturated carbocycles. The summed E-state index contributed by atoms with van der Waals surface area (Å²) in [6, 6.07) is 3.25. The standard InChI is InChI=1S/C12H19ClN4O/c1-3-7-17(8-4-2)12(18)11-9(13)5-6-10(15-11)16-14/h5-6H,3-4,7-8,14H2,1-2H3,(H,15,16). The molecule has 6 heteroatoms. The number of nitrogen functional groups attached to an aromatic ring is 1. The molecule has 0 bridgehead atoms. The average molecular weight is 271 g/mol. The molecule has 0 fully saturated rings. The van der Waals surface area contributed by atoms with Crippen molar-refractivity contribution < 1.29 is 4.79 Å². The van der Waals surface area contributed by atoms with Crippen molar-refractivity contribution in [2.45, 2.75) is 26.7 Å². The summed E-state index contributed by atoms with van der Waals surface area (Å²) in [4.78, 5) is 18.2. The lowest BCUT2D eigenvalue weighted by Crippen LogP contribution is -2.33. The predicted octanol–water partition coefficient (Wildman–Crippen LogP) is 2.28. The summed E-state index contributed by atoms with van der Waals surface area (Å²) in [5, 5.41) is 0.344. The van der Waals surface area contributed by atoms with Crippen LogP contribution in [0.2, 0.25) is 5.02 Å². The first-order chi connectivity index (χ1) is 8.63. The number of nitrogens with two attached hydrogens (primary N) is 1. The Hall–Kier alpha value is -1.33. The third-order valence-corrected chi connectivity index (χ3v) is 2.78. The molecule has 3 N–H and O–H groups in total. The zero-order valence-corrected chi connectivity index (χ0v) is 11.5. The van der Waals surface area contributed by atoms with Gasteiger partial charge in [0.05, 0.1) is 5.02 Å². The number of hydrogen-bond donors (Lipinski definition) is 2. The molecule has 0 saturated heterocycles. The topological polar surface area (TPSA) is 71.2 Å². The molecule has 0 aliphatic rings. The van der Waals surface area contributed by atoms with Crippen molar-refractivity contribution in [3.05, 3.63) is 22.8 Å². The van der Waals surface area contributed by atoms with Gasteiger partial charge in [0, 0.05) is 13.1 Å². The Morgan fingerprint density at radius 2 is 2.00 bits per heavy atom. The summed E-state index contributed by atoms with van der Waals surface area (Å²) >= 11 is 6.01. The highest BCUT2D eigenvalue weighted by Gasteiger charge is 2.19. The number of nitrogens with one attached hydrogen (secondary N) is 1. The number of amides is 1. The molecule has 1 amide bonds. The molecule has 1 aromatic heterocycles. The van der Waals surface area contributed by atoms with Crippen molar-refractivity contribution in [2.24, 2.45) is 5.84 Å². The minimum Gasteiger partial charge on any atom is -0.337 e. The van der Waals surface area contributed by atoms with Crippen LogP contribution in [0.1, 0.15) is 37.2 Å². The number of carbonyl (C=O) groups is 1. The number of anilines is 1. The molecule has 18 heavy (non-hydrogen) atoms. The average Bonchev–Trinajstić information content (AvgIpc) is 2.38. The molecule has 0 unspecified atom stereocenters. The quantitative estimate of drug-likeness (QED) is 0.615. The number of aromatic nitrogens is 1.